The van der Waals surface area contributed by atoms with Crippen LogP contribution in [0.5, 0.6) is 11.5 Å². The molecule has 0 radical (unpaired) electrons. The number of aromatic nitrogens is 1. The lowest BCUT2D eigenvalue weighted by Crippen LogP contribution is -2.03. The fourth-order valence-corrected chi connectivity index (χ4v) is 1.99. The Hall–Kier alpha value is -2.24. The van der Waals surface area contributed by atoms with Gasteiger partial charge in [0.15, 0.2) is 0 Å². The summed E-state index contributed by atoms with van der Waals surface area (Å²) in [7, 11) is 3.70. The molecule has 6 heteroatoms. The third kappa shape index (κ3) is 5.16. The van der Waals surface area contributed by atoms with Gasteiger partial charge in [0.05, 0.1) is 0 Å². The first kappa shape index (κ1) is 17.1. The van der Waals surface area contributed by atoms with Crippen LogP contribution in [0, 0.1) is 0 Å². The third-order valence-corrected chi connectivity index (χ3v) is 3.30. The number of nitrogens with zero attached hydrogens (tertiary/aromatic N) is 2. The van der Waals surface area contributed by atoms with Crippen LogP contribution in [-0.4, -0.2) is 34.2 Å². The first-order valence-electron chi connectivity index (χ1n) is 7.04. The summed E-state index contributed by atoms with van der Waals surface area (Å²) in [6.45, 7) is 0.317. The van der Waals surface area contributed by atoms with Gasteiger partial charge < -0.3 is 19.8 Å². The molecule has 0 saturated carbocycles. The second-order valence-electron chi connectivity index (χ2n) is 5.25. The quantitative estimate of drug-likeness (QED) is 0.794. The fraction of sp³-hybridized carbons (Fsp3) is 0.235. The van der Waals surface area contributed by atoms with Gasteiger partial charge in [0.25, 0.3) is 0 Å². The van der Waals surface area contributed by atoms with Gasteiger partial charge in [-0.2, -0.15) is 0 Å². The van der Waals surface area contributed by atoms with Crippen molar-refractivity contribution in [2.75, 3.05) is 14.1 Å². The summed E-state index contributed by atoms with van der Waals surface area (Å²) < 4.78 is 5.66. The maximum absolute atomic E-state index is 10.1. The lowest BCUT2D eigenvalue weighted by molar-refractivity contribution is 0.220. The molecule has 1 unspecified atom stereocenters. The number of aliphatic hydroxyl groups excluding tert-OH is 1. The number of hydrogen-bond donors (Lipinski definition) is 2. The summed E-state index contributed by atoms with van der Waals surface area (Å²) >= 11 is 5.74. The molecular formula is C17H19ClN2O3. The minimum absolute atomic E-state index is 0.0152. The number of halogens is 1. The van der Waals surface area contributed by atoms with Crippen LogP contribution in [0.4, 0.5) is 0 Å². The zero-order valence-electron chi connectivity index (χ0n) is 13.0. The average molecular weight is 335 g/mol. The molecule has 2 aromatic rings. The fourth-order valence-electron chi connectivity index (χ4n) is 1.88. The minimum Gasteiger partial charge on any atom is -0.508 e. The molecule has 23 heavy (non-hydrogen) atoms. The van der Waals surface area contributed by atoms with Crippen molar-refractivity contribution < 1.29 is 14.9 Å². The monoisotopic (exact) mass is 334 g/mol. The number of phenols is 1. The number of aliphatic hydroxyl groups is 1. The molecule has 2 N–H and O–H groups in total. The van der Waals surface area contributed by atoms with Crippen LogP contribution in [0.3, 0.4) is 0 Å². The molecular weight excluding hydrogens is 316 g/mol. The summed E-state index contributed by atoms with van der Waals surface area (Å²) in [5, 5.41) is 20.5. The van der Waals surface area contributed by atoms with Crippen molar-refractivity contribution in [2.24, 2.45) is 0 Å². The molecule has 0 saturated heterocycles. The SMILES string of the molecule is CN(C)/C=C/C(O)c1cc(OCc2ccc(Cl)nc2)ccc1O. The van der Waals surface area contributed by atoms with Crippen LogP contribution in [0.1, 0.15) is 17.2 Å². The van der Waals surface area contributed by atoms with Gasteiger partial charge in [-0.05, 0) is 36.5 Å². The van der Waals surface area contributed by atoms with Crippen molar-refractivity contribution in [3.8, 4) is 11.5 Å². The second kappa shape index (κ2) is 7.85. The zero-order chi connectivity index (χ0) is 16.8. The third-order valence-electron chi connectivity index (χ3n) is 3.08. The summed E-state index contributed by atoms with van der Waals surface area (Å²) in [5.41, 5.74) is 1.26. The Morgan fingerprint density at radius 2 is 2.09 bits per heavy atom. The van der Waals surface area contributed by atoms with E-state index in [2.05, 4.69) is 4.98 Å². The Morgan fingerprint density at radius 1 is 1.30 bits per heavy atom. The molecule has 1 aromatic heterocycles. The van der Waals surface area contributed by atoms with Crippen LogP contribution in [0.25, 0.3) is 0 Å². The van der Waals surface area contributed by atoms with Crippen molar-refractivity contribution in [1.82, 2.24) is 9.88 Å². The van der Waals surface area contributed by atoms with Crippen molar-refractivity contribution in [2.45, 2.75) is 12.7 Å². The Balaban J connectivity index is 2.08. The van der Waals surface area contributed by atoms with Crippen LogP contribution in [0.15, 0.2) is 48.8 Å². The Kier molecular flexibility index (Phi) is 5.84. The van der Waals surface area contributed by atoms with E-state index in [9.17, 15) is 10.2 Å². The molecule has 0 aliphatic rings. The number of ether oxygens (including phenoxy) is 1. The van der Waals surface area contributed by atoms with Gasteiger partial charge in [-0.25, -0.2) is 4.98 Å². The van der Waals surface area contributed by atoms with Crippen LogP contribution in [0.2, 0.25) is 5.15 Å². The van der Waals surface area contributed by atoms with E-state index in [0.29, 0.717) is 23.1 Å². The summed E-state index contributed by atoms with van der Waals surface area (Å²) in [6, 6.07) is 8.27. The molecule has 0 bridgehead atoms. The van der Waals surface area contributed by atoms with Crippen molar-refractivity contribution in [3.05, 3.63) is 65.1 Å². The predicted molar refractivity (Wildman–Crippen MR) is 89.5 cm³/mol. The summed E-state index contributed by atoms with van der Waals surface area (Å²) in [4.78, 5) is 5.78. The van der Waals surface area contributed by atoms with Gasteiger partial charge in [0, 0.05) is 31.4 Å². The molecule has 0 spiro atoms. The van der Waals surface area contributed by atoms with Crippen LogP contribution >= 0.6 is 11.6 Å². The number of phenolic OH excluding ortho intramolecular Hbond substituents is 1. The molecule has 0 aliphatic heterocycles. The van der Waals surface area contributed by atoms with E-state index in [-0.39, 0.29) is 5.75 Å². The highest BCUT2D eigenvalue weighted by Crippen LogP contribution is 2.29. The largest absolute Gasteiger partial charge is 0.508 e. The maximum Gasteiger partial charge on any atom is 0.129 e. The predicted octanol–water partition coefficient (Wildman–Crippen LogP) is 3.13. The van der Waals surface area contributed by atoms with Gasteiger partial charge >= 0.3 is 0 Å². The molecule has 5 nitrogen and oxygen atoms in total. The number of benzene rings is 1. The smallest absolute Gasteiger partial charge is 0.129 e. The number of rotatable bonds is 6. The van der Waals surface area contributed by atoms with E-state index < -0.39 is 6.10 Å². The standard InChI is InChI=1S/C17H19ClN2O3/c1-20(2)8-7-16(22)14-9-13(4-5-15(14)21)23-11-12-3-6-17(18)19-10-12/h3-10,16,21-22H,11H2,1-2H3/b8-7+. The summed E-state index contributed by atoms with van der Waals surface area (Å²) in [5.74, 6) is 0.562. The van der Waals surface area contributed by atoms with Gasteiger partial charge in [-0.3, -0.25) is 0 Å². The molecule has 1 aromatic carbocycles. The molecule has 1 heterocycles. The van der Waals surface area contributed by atoms with Gasteiger partial charge in [-0.1, -0.05) is 17.7 Å². The van der Waals surface area contributed by atoms with Crippen molar-refractivity contribution in [1.29, 1.82) is 0 Å². The van der Waals surface area contributed by atoms with Crippen molar-refractivity contribution >= 4 is 11.6 Å². The van der Waals surface area contributed by atoms with Gasteiger partial charge in [-0.15, -0.1) is 0 Å². The highest BCUT2D eigenvalue weighted by Gasteiger charge is 2.11. The van der Waals surface area contributed by atoms with E-state index in [1.807, 2.05) is 20.2 Å². The highest BCUT2D eigenvalue weighted by molar-refractivity contribution is 6.29. The molecule has 0 amide bonds. The van der Waals surface area contributed by atoms with E-state index in [1.165, 1.54) is 6.07 Å². The van der Waals surface area contributed by atoms with Gasteiger partial charge in [0.2, 0.25) is 0 Å². The average Bonchev–Trinajstić information content (AvgIpc) is 2.53. The Morgan fingerprint density at radius 3 is 2.74 bits per heavy atom. The highest BCUT2D eigenvalue weighted by atomic mass is 35.5. The van der Waals surface area contributed by atoms with Gasteiger partial charge in [0.1, 0.15) is 29.4 Å². The van der Waals surface area contributed by atoms with Crippen LogP contribution in [-0.2, 0) is 6.61 Å². The van der Waals surface area contributed by atoms with E-state index >= 15 is 0 Å². The second-order valence-corrected chi connectivity index (χ2v) is 5.64. The Bertz CT molecular complexity index is 672. The van der Waals surface area contributed by atoms with E-state index in [4.69, 9.17) is 16.3 Å². The van der Waals surface area contributed by atoms with Crippen LogP contribution < -0.4 is 4.74 Å². The minimum atomic E-state index is -0.918. The summed E-state index contributed by atoms with van der Waals surface area (Å²) in [6.07, 6.45) is 4.02. The van der Waals surface area contributed by atoms with E-state index in [1.54, 1.807) is 41.6 Å². The van der Waals surface area contributed by atoms with Crippen molar-refractivity contribution in [3.63, 3.8) is 0 Å². The topological polar surface area (TPSA) is 65.8 Å². The molecule has 2 rings (SSSR count). The number of hydrogen-bond acceptors (Lipinski definition) is 5. The maximum atomic E-state index is 10.1. The first-order valence-corrected chi connectivity index (χ1v) is 7.42. The Labute approximate surface area is 140 Å². The molecule has 0 aliphatic carbocycles. The lowest BCUT2D eigenvalue weighted by atomic mass is 10.1. The number of pyridine rings is 1. The molecule has 122 valence electrons. The normalized spacial score (nSPS) is 12.3. The first-order chi connectivity index (χ1) is 11.0. The molecule has 1 atom stereocenters. The number of aromatic hydroxyl groups is 1. The molecule has 0 fully saturated rings. The zero-order valence-corrected chi connectivity index (χ0v) is 13.7. The lowest BCUT2D eigenvalue weighted by Gasteiger charge is -2.13. The van der Waals surface area contributed by atoms with E-state index in [0.717, 1.165) is 5.56 Å².